The van der Waals surface area contributed by atoms with E-state index in [0.717, 1.165) is 17.8 Å². The third-order valence-electron chi connectivity index (χ3n) is 5.95. The Bertz CT molecular complexity index is 1370. The van der Waals surface area contributed by atoms with E-state index >= 15 is 0 Å². The Morgan fingerprint density at radius 2 is 1.83 bits per heavy atom. The number of nitrogens with one attached hydrogen (secondary N) is 1. The lowest BCUT2D eigenvalue weighted by molar-refractivity contribution is -0.141. The lowest BCUT2D eigenvalue weighted by atomic mass is 10.1. The van der Waals surface area contributed by atoms with Gasteiger partial charge in [0, 0.05) is 44.3 Å². The van der Waals surface area contributed by atoms with Crippen LogP contribution in [-0.4, -0.2) is 48.6 Å². The van der Waals surface area contributed by atoms with E-state index in [1.807, 2.05) is 0 Å². The van der Waals surface area contributed by atoms with Gasteiger partial charge >= 0.3 is 12.4 Å². The van der Waals surface area contributed by atoms with Gasteiger partial charge in [0.2, 0.25) is 5.95 Å². The number of rotatable bonds is 6. The van der Waals surface area contributed by atoms with Crippen molar-refractivity contribution in [1.82, 2.24) is 29.3 Å². The topological polar surface area (TPSA) is 76.7 Å². The van der Waals surface area contributed by atoms with Crippen LogP contribution in [-0.2, 0) is 25.8 Å². The monoisotopic (exact) mass is 510 g/mol. The van der Waals surface area contributed by atoms with Crippen molar-refractivity contribution >= 4 is 22.8 Å². The summed E-state index contributed by atoms with van der Waals surface area (Å²) >= 11 is 0. The average molecular weight is 510 g/mol. The molecule has 5 heterocycles. The molecule has 1 atom stereocenters. The van der Waals surface area contributed by atoms with Crippen LogP contribution in [0.4, 0.5) is 38.1 Å². The van der Waals surface area contributed by atoms with E-state index in [1.54, 1.807) is 45.9 Å². The van der Waals surface area contributed by atoms with Gasteiger partial charge in [-0.25, -0.2) is 4.98 Å². The SMILES string of the molecule is CN1c2nc(NCc3cnn(Cc4ccc(C(F)(F)F)nc4)c3)nc3ccn(c23)CC1CC(F)(F)F. The molecule has 190 valence electrons. The number of halogens is 6. The predicted molar refractivity (Wildman–Crippen MR) is 118 cm³/mol. The second-order valence-corrected chi connectivity index (χ2v) is 8.61. The predicted octanol–water partition coefficient (Wildman–Crippen LogP) is 4.47. The molecule has 0 bridgehead atoms. The summed E-state index contributed by atoms with van der Waals surface area (Å²) in [6, 6.07) is 3.23. The van der Waals surface area contributed by atoms with Crippen LogP contribution in [0.2, 0.25) is 0 Å². The molecule has 0 saturated carbocycles. The molecular weight excluding hydrogens is 490 g/mol. The van der Waals surface area contributed by atoms with E-state index in [2.05, 4.69) is 25.4 Å². The fourth-order valence-electron chi connectivity index (χ4n) is 4.19. The van der Waals surface area contributed by atoms with Crippen LogP contribution in [0.5, 0.6) is 0 Å². The Labute approximate surface area is 200 Å². The first-order valence-electron chi connectivity index (χ1n) is 10.9. The fraction of sp³-hybridized carbons (Fsp3) is 0.364. The van der Waals surface area contributed by atoms with E-state index in [0.29, 0.717) is 22.4 Å². The molecule has 1 N–H and O–H groups in total. The van der Waals surface area contributed by atoms with Crippen molar-refractivity contribution in [2.75, 3.05) is 17.3 Å². The Morgan fingerprint density at radius 1 is 1.03 bits per heavy atom. The lowest BCUT2D eigenvalue weighted by Crippen LogP contribution is -2.42. The summed E-state index contributed by atoms with van der Waals surface area (Å²) in [4.78, 5) is 13.9. The summed E-state index contributed by atoms with van der Waals surface area (Å²) in [7, 11) is 1.60. The standard InChI is InChI=1S/C22H20F6N8/c1-34-15(6-21(23,24)25)12-35-5-4-16-18(35)19(34)33-20(32-16)30-8-14-9-31-36(11-14)10-13-2-3-17(29-7-13)22(26,27)28/h2-5,7,9,11,15H,6,8,10,12H2,1H3,(H,30,32,33). The maximum atomic E-state index is 13.1. The molecule has 1 aliphatic heterocycles. The molecule has 0 amide bonds. The fourth-order valence-corrected chi connectivity index (χ4v) is 4.19. The smallest absolute Gasteiger partial charge is 0.353 e. The van der Waals surface area contributed by atoms with E-state index in [9.17, 15) is 26.3 Å². The summed E-state index contributed by atoms with van der Waals surface area (Å²) in [5.74, 6) is 0.674. The van der Waals surface area contributed by atoms with Gasteiger partial charge in [0.15, 0.2) is 5.82 Å². The molecule has 1 unspecified atom stereocenters. The largest absolute Gasteiger partial charge is 0.433 e. The Balaban J connectivity index is 1.28. The number of alkyl halides is 6. The van der Waals surface area contributed by atoms with E-state index in [4.69, 9.17) is 0 Å². The van der Waals surface area contributed by atoms with E-state index < -0.39 is 30.5 Å². The first-order valence-corrected chi connectivity index (χ1v) is 10.9. The summed E-state index contributed by atoms with van der Waals surface area (Å²) in [6.07, 6.45) is -3.57. The molecule has 14 heteroatoms. The maximum absolute atomic E-state index is 13.1. The number of hydrogen-bond donors (Lipinski definition) is 1. The highest BCUT2D eigenvalue weighted by Crippen LogP contribution is 2.35. The second-order valence-electron chi connectivity index (χ2n) is 8.61. The van der Waals surface area contributed by atoms with Crippen molar-refractivity contribution in [3.63, 3.8) is 0 Å². The molecule has 0 fully saturated rings. The molecule has 0 spiro atoms. The number of anilines is 2. The molecule has 1 aliphatic rings. The first kappa shape index (κ1) is 23.9. The van der Waals surface area contributed by atoms with E-state index in [1.165, 1.54) is 6.07 Å². The average Bonchev–Trinajstić information content (AvgIpc) is 3.41. The molecule has 0 aromatic carbocycles. The van der Waals surface area contributed by atoms with Gasteiger partial charge in [-0.1, -0.05) is 6.07 Å². The molecule has 4 aromatic rings. The third-order valence-corrected chi connectivity index (χ3v) is 5.95. The molecule has 8 nitrogen and oxygen atoms in total. The summed E-state index contributed by atoms with van der Waals surface area (Å²) < 4.78 is 80.5. The van der Waals surface area contributed by atoms with Crippen LogP contribution in [0.25, 0.3) is 11.0 Å². The minimum Gasteiger partial charge on any atom is -0.353 e. The summed E-state index contributed by atoms with van der Waals surface area (Å²) in [6.45, 7) is 0.708. The Kier molecular flexibility index (Phi) is 5.75. The van der Waals surface area contributed by atoms with Crippen molar-refractivity contribution in [3.8, 4) is 0 Å². The number of pyridine rings is 1. The molecular formula is C22H20F6N8. The van der Waals surface area contributed by atoms with Crippen molar-refractivity contribution in [2.45, 2.75) is 44.4 Å². The summed E-state index contributed by atoms with van der Waals surface area (Å²) in [5.41, 5.74) is 1.65. The minimum atomic E-state index is -4.50. The zero-order chi connectivity index (χ0) is 25.7. The van der Waals surface area contributed by atoms with Gasteiger partial charge < -0.3 is 14.8 Å². The van der Waals surface area contributed by atoms with Gasteiger partial charge in [0.25, 0.3) is 0 Å². The van der Waals surface area contributed by atoms with Gasteiger partial charge in [-0.2, -0.15) is 36.4 Å². The minimum absolute atomic E-state index is 0.191. The maximum Gasteiger partial charge on any atom is 0.433 e. The Morgan fingerprint density at radius 3 is 2.53 bits per heavy atom. The van der Waals surface area contributed by atoms with Crippen LogP contribution in [0, 0.1) is 0 Å². The molecule has 0 saturated heterocycles. The first-order chi connectivity index (χ1) is 17.0. The van der Waals surface area contributed by atoms with Crippen LogP contribution >= 0.6 is 0 Å². The van der Waals surface area contributed by atoms with Crippen molar-refractivity contribution < 1.29 is 26.3 Å². The van der Waals surface area contributed by atoms with Crippen molar-refractivity contribution in [3.05, 3.63) is 59.8 Å². The number of hydrogen-bond acceptors (Lipinski definition) is 6. The third kappa shape index (κ3) is 4.93. The highest BCUT2D eigenvalue weighted by atomic mass is 19.4. The van der Waals surface area contributed by atoms with E-state index in [-0.39, 0.29) is 25.6 Å². The zero-order valence-corrected chi connectivity index (χ0v) is 18.8. The molecule has 5 rings (SSSR count). The summed E-state index contributed by atoms with van der Waals surface area (Å²) in [5, 5.41) is 7.29. The molecule has 0 radical (unpaired) electrons. The van der Waals surface area contributed by atoms with Gasteiger partial charge in [-0.3, -0.25) is 9.67 Å². The highest BCUT2D eigenvalue weighted by molar-refractivity contribution is 5.89. The number of aromatic nitrogens is 6. The highest BCUT2D eigenvalue weighted by Gasteiger charge is 2.37. The normalized spacial score (nSPS) is 16.1. The quantitative estimate of drug-likeness (QED) is 0.386. The van der Waals surface area contributed by atoms with Crippen LogP contribution < -0.4 is 10.2 Å². The number of nitrogens with zero attached hydrogens (tertiary/aromatic N) is 7. The lowest BCUT2D eigenvalue weighted by Gasteiger charge is -2.35. The molecule has 4 aromatic heterocycles. The molecule has 36 heavy (non-hydrogen) atoms. The number of likely N-dealkylation sites (N-methyl/N-ethyl adjacent to an activating group) is 1. The zero-order valence-electron chi connectivity index (χ0n) is 18.8. The Hall–Kier alpha value is -3.84. The van der Waals surface area contributed by atoms with Crippen LogP contribution in [0.15, 0.2) is 43.0 Å². The van der Waals surface area contributed by atoms with Gasteiger partial charge in [-0.05, 0) is 17.7 Å². The molecule has 0 aliphatic carbocycles. The second kappa shape index (κ2) is 8.68. The van der Waals surface area contributed by atoms with Gasteiger partial charge in [0.1, 0.15) is 11.2 Å². The van der Waals surface area contributed by atoms with Crippen LogP contribution in [0.1, 0.15) is 23.2 Å². The van der Waals surface area contributed by atoms with Gasteiger partial charge in [0.05, 0.1) is 30.7 Å². The van der Waals surface area contributed by atoms with Crippen LogP contribution in [0.3, 0.4) is 0 Å². The van der Waals surface area contributed by atoms with Crippen molar-refractivity contribution in [1.29, 1.82) is 0 Å². The van der Waals surface area contributed by atoms with Gasteiger partial charge in [-0.15, -0.1) is 0 Å². The van der Waals surface area contributed by atoms with Crippen molar-refractivity contribution in [2.24, 2.45) is 0 Å².